The first-order valence-electron chi connectivity index (χ1n) is 8.77. The molecule has 1 aliphatic heterocycles. The first kappa shape index (κ1) is 15.9. The fourth-order valence-corrected chi connectivity index (χ4v) is 3.87. The molecule has 6 nitrogen and oxygen atoms in total. The highest BCUT2D eigenvalue weighted by molar-refractivity contribution is 6.02. The first-order chi connectivity index (χ1) is 13.0. The molecule has 1 aliphatic rings. The number of halogens is 1. The third-order valence-corrected chi connectivity index (χ3v) is 5.25. The molecule has 0 fully saturated rings. The summed E-state index contributed by atoms with van der Waals surface area (Å²) in [5, 5.41) is 8.12. The van der Waals surface area contributed by atoms with E-state index in [1.54, 1.807) is 30.5 Å². The minimum absolute atomic E-state index is 0.0385. The van der Waals surface area contributed by atoms with Crippen LogP contribution in [0.1, 0.15) is 35.3 Å². The summed E-state index contributed by atoms with van der Waals surface area (Å²) in [7, 11) is 0. The largest absolute Gasteiger partial charge is 0.343 e. The van der Waals surface area contributed by atoms with Crippen molar-refractivity contribution in [2.75, 3.05) is 0 Å². The Balaban J connectivity index is 1.81. The number of para-hydroxylation sites is 1. The van der Waals surface area contributed by atoms with Gasteiger partial charge in [-0.25, -0.2) is 4.39 Å². The lowest BCUT2D eigenvalue weighted by molar-refractivity contribution is 0.0946. The summed E-state index contributed by atoms with van der Waals surface area (Å²) >= 11 is 0. The Labute approximate surface area is 152 Å². The molecular weight excluding hydrogens is 347 g/mol. The molecule has 0 spiro atoms. The Kier molecular flexibility index (Phi) is 3.28. The average Bonchev–Trinajstić information content (AvgIpc) is 3.09. The van der Waals surface area contributed by atoms with Gasteiger partial charge in [0, 0.05) is 17.6 Å². The summed E-state index contributed by atoms with van der Waals surface area (Å²) < 4.78 is 17.1. The lowest BCUT2D eigenvalue weighted by atomic mass is 9.96. The van der Waals surface area contributed by atoms with E-state index >= 15 is 0 Å². The molecular formula is C20H15FN4O2. The molecule has 0 bridgehead atoms. The quantitative estimate of drug-likeness (QED) is 0.522. The highest BCUT2D eigenvalue weighted by atomic mass is 19.1. The second-order valence-corrected chi connectivity index (χ2v) is 6.92. The van der Waals surface area contributed by atoms with Crippen LogP contribution < -0.4 is 5.43 Å². The molecule has 0 amide bonds. The van der Waals surface area contributed by atoms with Crippen LogP contribution in [-0.2, 0) is 6.42 Å². The highest BCUT2D eigenvalue weighted by Gasteiger charge is 2.25. The second kappa shape index (κ2) is 5.57. The van der Waals surface area contributed by atoms with Crippen molar-refractivity contribution < 1.29 is 9.18 Å². The smallest absolute Gasteiger partial charge is 0.285 e. The van der Waals surface area contributed by atoms with Crippen LogP contribution in [0.5, 0.6) is 0 Å². The topological polar surface area (TPSA) is 69.8 Å². The minimum atomic E-state index is -0.567. The number of hydrogen-bond donors (Lipinski definition) is 0. The number of carbonyl (C=O) groups excluding carboxylic acids is 1. The second-order valence-electron chi connectivity index (χ2n) is 6.92. The fraction of sp³-hybridized carbons (Fsp3) is 0.200. The number of pyridine rings is 1. The zero-order chi connectivity index (χ0) is 18.7. The van der Waals surface area contributed by atoms with Crippen molar-refractivity contribution in [2.45, 2.75) is 25.8 Å². The predicted molar refractivity (Wildman–Crippen MR) is 98.5 cm³/mol. The van der Waals surface area contributed by atoms with Gasteiger partial charge in [0.1, 0.15) is 16.9 Å². The van der Waals surface area contributed by atoms with Crippen LogP contribution in [0.25, 0.3) is 21.9 Å². The minimum Gasteiger partial charge on any atom is -0.343 e. The molecule has 3 heterocycles. The molecule has 7 heteroatoms. The van der Waals surface area contributed by atoms with Crippen molar-refractivity contribution >= 4 is 27.8 Å². The molecule has 0 N–H and O–H groups in total. The molecule has 0 radical (unpaired) electrons. The number of benzene rings is 2. The lowest BCUT2D eigenvalue weighted by Crippen LogP contribution is -2.27. The molecule has 2 aromatic heterocycles. The number of fused-ring (bicyclic) bond motifs is 1. The van der Waals surface area contributed by atoms with E-state index in [4.69, 9.17) is 0 Å². The molecule has 1 atom stereocenters. The van der Waals surface area contributed by atoms with Gasteiger partial charge < -0.3 is 4.57 Å². The Hall–Kier alpha value is -3.35. The SMILES string of the molecule is CC1CCc2cc(F)cc3c(=O)c(C(=O)n4nnc5ccccc54)cn1c23. The molecule has 4 aromatic rings. The number of rotatable bonds is 1. The summed E-state index contributed by atoms with van der Waals surface area (Å²) in [5.41, 5.74) is 2.07. The summed E-state index contributed by atoms with van der Waals surface area (Å²) in [6.07, 6.45) is 3.10. The van der Waals surface area contributed by atoms with Crippen LogP contribution >= 0.6 is 0 Å². The predicted octanol–water partition coefficient (Wildman–Crippen LogP) is 3.08. The van der Waals surface area contributed by atoms with Crippen LogP contribution in [0.4, 0.5) is 4.39 Å². The van der Waals surface area contributed by atoms with Crippen LogP contribution in [0, 0.1) is 5.82 Å². The van der Waals surface area contributed by atoms with E-state index in [2.05, 4.69) is 10.3 Å². The zero-order valence-electron chi connectivity index (χ0n) is 14.5. The van der Waals surface area contributed by atoms with Gasteiger partial charge in [-0.3, -0.25) is 9.59 Å². The van der Waals surface area contributed by atoms with E-state index in [1.807, 2.05) is 11.5 Å². The Bertz CT molecular complexity index is 1300. The van der Waals surface area contributed by atoms with E-state index in [-0.39, 0.29) is 17.0 Å². The third kappa shape index (κ3) is 2.24. The highest BCUT2D eigenvalue weighted by Crippen LogP contribution is 2.30. The number of aryl methyl sites for hydroxylation is 1. The number of carbonyl (C=O) groups is 1. The summed E-state index contributed by atoms with van der Waals surface area (Å²) in [6.45, 7) is 2.02. The van der Waals surface area contributed by atoms with E-state index in [0.717, 1.165) is 16.7 Å². The Morgan fingerprint density at radius 2 is 2.07 bits per heavy atom. The van der Waals surface area contributed by atoms with Crippen LogP contribution in [0.15, 0.2) is 47.4 Å². The summed E-state index contributed by atoms with van der Waals surface area (Å²) in [4.78, 5) is 26.1. The maximum atomic E-state index is 14.1. The van der Waals surface area contributed by atoms with Gasteiger partial charge in [-0.05, 0) is 49.6 Å². The van der Waals surface area contributed by atoms with Crippen LogP contribution in [0.3, 0.4) is 0 Å². The molecule has 134 valence electrons. The molecule has 2 aromatic carbocycles. The molecule has 1 unspecified atom stereocenters. The molecule has 5 rings (SSSR count). The zero-order valence-corrected chi connectivity index (χ0v) is 14.5. The number of nitrogens with zero attached hydrogens (tertiary/aromatic N) is 4. The number of aromatic nitrogens is 4. The van der Waals surface area contributed by atoms with Gasteiger partial charge in [-0.15, -0.1) is 5.10 Å². The van der Waals surface area contributed by atoms with Crippen molar-refractivity contribution in [2.24, 2.45) is 0 Å². The van der Waals surface area contributed by atoms with Gasteiger partial charge in [-0.2, -0.15) is 4.68 Å². The number of hydrogen-bond acceptors (Lipinski definition) is 4. The fourth-order valence-electron chi connectivity index (χ4n) is 3.87. The Morgan fingerprint density at radius 1 is 1.26 bits per heavy atom. The maximum absolute atomic E-state index is 14.1. The van der Waals surface area contributed by atoms with Gasteiger partial charge >= 0.3 is 0 Å². The van der Waals surface area contributed by atoms with Gasteiger partial charge in [-0.1, -0.05) is 17.3 Å². The molecule has 27 heavy (non-hydrogen) atoms. The monoisotopic (exact) mass is 362 g/mol. The summed E-state index contributed by atoms with van der Waals surface area (Å²) in [5.74, 6) is -1.03. The van der Waals surface area contributed by atoms with Crippen LogP contribution in [0.2, 0.25) is 0 Å². The van der Waals surface area contributed by atoms with Gasteiger partial charge in [0.15, 0.2) is 0 Å². The standard InChI is InChI=1S/C20H15FN4O2/c1-11-6-7-12-8-13(21)9-14-18(12)24(11)10-15(19(14)26)20(27)25-17-5-3-2-4-16(17)22-23-25/h2-5,8-11H,6-7H2,1H3. The van der Waals surface area contributed by atoms with E-state index in [0.29, 0.717) is 23.0 Å². The molecule has 0 aliphatic carbocycles. The molecule has 0 saturated heterocycles. The summed E-state index contributed by atoms with van der Waals surface area (Å²) in [6, 6.07) is 9.82. The van der Waals surface area contributed by atoms with Crippen molar-refractivity contribution in [3.05, 3.63) is 69.8 Å². The van der Waals surface area contributed by atoms with Crippen molar-refractivity contribution in [3.8, 4) is 0 Å². The average molecular weight is 362 g/mol. The van der Waals surface area contributed by atoms with Crippen LogP contribution in [-0.4, -0.2) is 25.5 Å². The van der Waals surface area contributed by atoms with E-state index in [1.165, 1.54) is 12.1 Å². The van der Waals surface area contributed by atoms with Gasteiger partial charge in [0.05, 0.1) is 11.0 Å². The van der Waals surface area contributed by atoms with Crippen molar-refractivity contribution in [1.82, 2.24) is 19.6 Å². The third-order valence-electron chi connectivity index (χ3n) is 5.25. The van der Waals surface area contributed by atoms with Gasteiger partial charge in [0.2, 0.25) is 5.43 Å². The van der Waals surface area contributed by atoms with E-state index < -0.39 is 17.2 Å². The van der Waals surface area contributed by atoms with Gasteiger partial charge in [0.25, 0.3) is 5.91 Å². The van der Waals surface area contributed by atoms with E-state index in [9.17, 15) is 14.0 Å². The Morgan fingerprint density at radius 3 is 2.93 bits per heavy atom. The lowest BCUT2D eigenvalue weighted by Gasteiger charge is -2.26. The first-order valence-corrected chi connectivity index (χ1v) is 8.77. The van der Waals surface area contributed by atoms with Crippen molar-refractivity contribution in [3.63, 3.8) is 0 Å². The molecule has 0 saturated carbocycles. The normalized spacial score (nSPS) is 16.1. The maximum Gasteiger partial charge on any atom is 0.285 e. The van der Waals surface area contributed by atoms with Crippen molar-refractivity contribution in [1.29, 1.82) is 0 Å².